The molecule has 1 aliphatic rings. The third-order valence-corrected chi connectivity index (χ3v) is 8.02. The molecular weight excluding hydrogens is 629 g/mol. The molecule has 1 fully saturated rings. The van der Waals surface area contributed by atoms with E-state index in [1.807, 2.05) is 29.5 Å². The molecule has 1 saturated heterocycles. The van der Waals surface area contributed by atoms with E-state index >= 15 is 0 Å². The number of ether oxygens (including phenoxy) is 2. The Balaban J connectivity index is 1.47. The van der Waals surface area contributed by atoms with E-state index in [0.29, 0.717) is 41.9 Å². The van der Waals surface area contributed by atoms with Crippen LogP contribution in [0.3, 0.4) is 0 Å². The lowest BCUT2D eigenvalue weighted by Gasteiger charge is -2.23. The van der Waals surface area contributed by atoms with Crippen molar-refractivity contribution in [2.75, 3.05) is 36.7 Å². The molecule has 5 rings (SSSR count). The van der Waals surface area contributed by atoms with Crippen LogP contribution in [0.5, 0.6) is 11.6 Å². The number of hydrogen-bond acceptors (Lipinski definition) is 11. The Morgan fingerprint density at radius 2 is 1.98 bits per heavy atom. The van der Waals surface area contributed by atoms with Crippen LogP contribution in [0, 0.1) is 12.7 Å². The average Bonchev–Trinajstić information content (AvgIpc) is 3.44. The molecule has 3 aromatic heterocycles. The number of nitrogens with one attached hydrogen (secondary N) is 2. The smallest absolute Gasteiger partial charge is 0.285 e. The molecule has 1 aliphatic heterocycles. The second-order valence-corrected chi connectivity index (χ2v) is 12.9. The van der Waals surface area contributed by atoms with E-state index < -0.39 is 27.8 Å². The van der Waals surface area contributed by atoms with Crippen LogP contribution in [0.4, 0.5) is 16.0 Å². The summed E-state index contributed by atoms with van der Waals surface area (Å²) in [6.45, 7) is 4.52. The van der Waals surface area contributed by atoms with E-state index in [2.05, 4.69) is 15.3 Å². The SMILES string of the molecule is COc1cc(O[C@H]2CCN(c3nc4c([C@@H](C)Nc5ccc(Cl)nc5C(=O)NS(C)(=O)=O)cc(C)cc4c(=O)n3C)C2)c(F)cn1. The fourth-order valence-electron chi connectivity index (χ4n) is 5.20. The maximum absolute atomic E-state index is 14.4. The van der Waals surface area contributed by atoms with Crippen LogP contribution in [-0.4, -0.2) is 66.4 Å². The van der Waals surface area contributed by atoms with Gasteiger partial charge in [-0.3, -0.25) is 14.2 Å². The molecule has 0 radical (unpaired) electrons. The first kappa shape index (κ1) is 31.9. The third-order valence-electron chi connectivity index (χ3n) is 7.25. The summed E-state index contributed by atoms with van der Waals surface area (Å²) in [6.07, 6.45) is 2.07. The number of sulfonamides is 1. The number of fused-ring (bicyclic) bond motifs is 1. The lowest BCUT2D eigenvalue weighted by atomic mass is 10.0. The Morgan fingerprint density at radius 1 is 1.22 bits per heavy atom. The number of amides is 1. The number of aromatic nitrogens is 4. The Bertz CT molecular complexity index is 1970. The van der Waals surface area contributed by atoms with Gasteiger partial charge in [0.1, 0.15) is 11.3 Å². The topological polar surface area (TPSA) is 158 Å². The van der Waals surface area contributed by atoms with E-state index in [-0.39, 0.29) is 39.8 Å². The second kappa shape index (κ2) is 12.5. The summed E-state index contributed by atoms with van der Waals surface area (Å²) in [7, 11) is -0.792. The standard InChI is InChI=1S/C29H31ClFN7O6S/c1-15-10-18(16(2)33-21-6-7-23(30)34-26(21)27(39)36-45(5,41)42)25-19(11-15)28(40)37(3)29(35-25)38-9-8-17(14-38)44-22-12-24(43-4)32-13-20(22)31/h6-7,10-13,16-17,33H,8-9,14H2,1-5H3,(H,36,39)/t16-,17+/m1/s1. The minimum atomic E-state index is -3.86. The van der Waals surface area contributed by atoms with Gasteiger partial charge < -0.3 is 19.7 Å². The quantitative estimate of drug-likeness (QED) is 0.254. The van der Waals surface area contributed by atoms with Gasteiger partial charge in [0, 0.05) is 31.6 Å². The summed E-state index contributed by atoms with van der Waals surface area (Å²) < 4.78 is 52.1. The summed E-state index contributed by atoms with van der Waals surface area (Å²) >= 11 is 6.02. The van der Waals surface area contributed by atoms with Gasteiger partial charge in [-0.15, -0.1) is 0 Å². The van der Waals surface area contributed by atoms with Gasteiger partial charge in [0.15, 0.2) is 17.3 Å². The van der Waals surface area contributed by atoms with Crippen molar-refractivity contribution in [2.24, 2.45) is 7.05 Å². The normalized spacial score (nSPS) is 15.6. The minimum absolute atomic E-state index is 0.00127. The van der Waals surface area contributed by atoms with Gasteiger partial charge in [-0.1, -0.05) is 17.7 Å². The summed E-state index contributed by atoms with van der Waals surface area (Å²) in [5.74, 6) is -0.908. The lowest BCUT2D eigenvalue weighted by Crippen LogP contribution is -2.32. The van der Waals surface area contributed by atoms with Crippen molar-refractivity contribution in [3.8, 4) is 11.6 Å². The number of carbonyl (C=O) groups excluding carboxylic acids is 1. The molecule has 13 nitrogen and oxygen atoms in total. The highest BCUT2D eigenvalue weighted by Crippen LogP contribution is 2.31. The van der Waals surface area contributed by atoms with Crippen molar-refractivity contribution in [1.29, 1.82) is 0 Å². The van der Waals surface area contributed by atoms with Gasteiger partial charge in [0.2, 0.25) is 21.9 Å². The molecule has 45 heavy (non-hydrogen) atoms. The van der Waals surface area contributed by atoms with Crippen molar-refractivity contribution >= 4 is 50.1 Å². The summed E-state index contributed by atoms with van der Waals surface area (Å²) in [6, 6.07) is 7.49. The number of carbonyl (C=O) groups is 1. The Labute approximate surface area is 263 Å². The largest absolute Gasteiger partial charge is 0.485 e. The van der Waals surface area contributed by atoms with Crippen LogP contribution in [0.15, 0.2) is 41.3 Å². The highest BCUT2D eigenvalue weighted by Gasteiger charge is 2.29. The maximum Gasteiger partial charge on any atom is 0.285 e. The molecule has 4 heterocycles. The molecule has 1 aromatic carbocycles. The molecule has 2 N–H and O–H groups in total. The van der Waals surface area contributed by atoms with E-state index in [1.54, 1.807) is 13.1 Å². The Kier molecular flexibility index (Phi) is 8.85. The Morgan fingerprint density at radius 3 is 2.69 bits per heavy atom. The molecule has 16 heteroatoms. The predicted octanol–water partition coefficient (Wildman–Crippen LogP) is 3.35. The number of anilines is 2. The van der Waals surface area contributed by atoms with Crippen LogP contribution >= 0.6 is 11.6 Å². The first-order valence-corrected chi connectivity index (χ1v) is 16.1. The molecule has 238 valence electrons. The van der Waals surface area contributed by atoms with Crippen LogP contribution in [0.2, 0.25) is 5.15 Å². The summed E-state index contributed by atoms with van der Waals surface area (Å²) in [4.78, 5) is 41.1. The number of nitrogens with zero attached hydrogens (tertiary/aromatic N) is 5. The van der Waals surface area contributed by atoms with Crippen molar-refractivity contribution in [2.45, 2.75) is 32.4 Å². The maximum atomic E-state index is 14.4. The first-order chi connectivity index (χ1) is 21.2. The van der Waals surface area contributed by atoms with E-state index in [1.165, 1.54) is 29.9 Å². The van der Waals surface area contributed by atoms with Crippen LogP contribution in [-0.2, 0) is 17.1 Å². The van der Waals surface area contributed by atoms with E-state index in [4.69, 9.17) is 26.1 Å². The lowest BCUT2D eigenvalue weighted by molar-refractivity contribution is 0.0977. The first-order valence-electron chi connectivity index (χ1n) is 13.8. The van der Waals surface area contributed by atoms with Gasteiger partial charge >= 0.3 is 0 Å². The molecule has 0 bridgehead atoms. The minimum Gasteiger partial charge on any atom is -0.485 e. The van der Waals surface area contributed by atoms with E-state index in [0.717, 1.165) is 18.0 Å². The number of pyridine rings is 2. The zero-order valence-corrected chi connectivity index (χ0v) is 26.7. The number of rotatable bonds is 9. The predicted molar refractivity (Wildman–Crippen MR) is 167 cm³/mol. The highest BCUT2D eigenvalue weighted by molar-refractivity contribution is 7.89. The average molecular weight is 660 g/mol. The third kappa shape index (κ3) is 6.93. The molecule has 0 aliphatic carbocycles. The zero-order valence-electron chi connectivity index (χ0n) is 25.1. The number of aryl methyl sites for hydroxylation is 1. The molecule has 0 saturated carbocycles. The van der Waals surface area contributed by atoms with Crippen molar-refractivity contribution in [3.05, 3.63) is 74.7 Å². The number of benzene rings is 1. The zero-order chi connectivity index (χ0) is 32.6. The summed E-state index contributed by atoms with van der Waals surface area (Å²) in [5.41, 5.74) is 1.66. The molecule has 1 amide bonds. The van der Waals surface area contributed by atoms with Crippen molar-refractivity contribution < 1.29 is 27.1 Å². The van der Waals surface area contributed by atoms with E-state index in [9.17, 15) is 22.4 Å². The van der Waals surface area contributed by atoms with Gasteiger partial charge in [0.05, 0.1) is 48.7 Å². The van der Waals surface area contributed by atoms with Gasteiger partial charge in [-0.25, -0.2) is 32.5 Å². The molecule has 0 unspecified atom stereocenters. The van der Waals surface area contributed by atoms with Crippen molar-refractivity contribution in [1.82, 2.24) is 24.2 Å². The fraction of sp³-hybridized carbons (Fsp3) is 0.345. The fourth-order valence-corrected chi connectivity index (χ4v) is 5.78. The van der Waals surface area contributed by atoms with Crippen LogP contribution in [0.25, 0.3) is 10.9 Å². The number of hydrogen-bond donors (Lipinski definition) is 2. The van der Waals surface area contributed by atoms with Gasteiger partial charge in [-0.05, 0) is 37.6 Å². The van der Waals surface area contributed by atoms with Crippen LogP contribution < -0.4 is 30.0 Å². The number of methoxy groups -OCH3 is 1. The highest BCUT2D eigenvalue weighted by atomic mass is 35.5. The number of halogens is 2. The summed E-state index contributed by atoms with van der Waals surface area (Å²) in [5, 5.41) is 3.60. The molecular formula is C29H31ClFN7O6S. The van der Waals surface area contributed by atoms with Crippen molar-refractivity contribution in [3.63, 3.8) is 0 Å². The van der Waals surface area contributed by atoms with Crippen LogP contribution in [0.1, 0.15) is 41.0 Å². The molecule has 4 aromatic rings. The van der Waals surface area contributed by atoms with Gasteiger partial charge in [-0.2, -0.15) is 0 Å². The molecule has 2 atom stereocenters. The second-order valence-electron chi connectivity index (χ2n) is 10.8. The Hall–Kier alpha value is -4.50. The monoisotopic (exact) mass is 659 g/mol. The molecule has 0 spiro atoms. The van der Waals surface area contributed by atoms with Gasteiger partial charge in [0.25, 0.3) is 11.5 Å².